The number of aromatic nitrogens is 3. The van der Waals surface area contributed by atoms with Crippen molar-refractivity contribution in [2.45, 2.75) is 43.7 Å². The molecule has 0 aliphatic carbocycles. The van der Waals surface area contributed by atoms with Crippen LogP contribution in [0.1, 0.15) is 37.2 Å². The number of pyridine rings is 1. The van der Waals surface area contributed by atoms with Crippen molar-refractivity contribution >= 4 is 46.1 Å². The molecule has 57 heavy (non-hydrogen) atoms. The molecule has 3 aliphatic heterocycles. The number of anilines is 3. The zero-order valence-electron chi connectivity index (χ0n) is 33.1. The van der Waals surface area contributed by atoms with Crippen LogP contribution in [0.15, 0.2) is 90.8 Å². The first-order valence-corrected chi connectivity index (χ1v) is 19.8. The minimum absolute atomic E-state index is 0.00142. The van der Waals surface area contributed by atoms with Gasteiger partial charge in [0.25, 0.3) is 5.56 Å². The third-order valence-corrected chi connectivity index (χ3v) is 11.4. The summed E-state index contributed by atoms with van der Waals surface area (Å²) in [5.74, 6) is -0.173. The van der Waals surface area contributed by atoms with E-state index >= 15 is 0 Å². The summed E-state index contributed by atoms with van der Waals surface area (Å²) in [6, 6.07) is 17.1. The molecular formula is C43H55N9O5. The molecule has 3 fully saturated rings. The standard InChI is InChI=1S/C23H34N6O3.C20H21N3O2/c1-26-9-6-23(32,7-10-26)16-29-17-24-20-15-18(3-4-19(20)22(29)31)25-21(30)5-8-28-13-11-27(2)12-14-28;1-2-20(25)22-18-8-10-21-12-19(18)23-11-9-16(14-24)17(13-23)15-6-4-3-5-7-15/h3-4,15,17,32H,5-14,16H2,1-2H3,(H,25,30);2-8,10,12,14,16-17H,1,9,11,13H2,(H,21,22,25). The predicted molar refractivity (Wildman–Crippen MR) is 223 cm³/mol. The van der Waals surface area contributed by atoms with Gasteiger partial charge in [0.2, 0.25) is 11.8 Å². The van der Waals surface area contributed by atoms with Crippen LogP contribution in [0.3, 0.4) is 0 Å². The Morgan fingerprint density at radius 2 is 1.70 bits per heavy atom. The fraction of sp³-hybridized carbons (Fsp3) is 0.442. The minimum Gasteiger partial charge on any atom is -0.388 e. The molecule has 2 atom stereocenters. The van der Waals surface area contributed by atoms with Gasteiger partial charge in [-0.15, -0.1) is 0 Å². The maximum absolute atomic E-state index is 12.9. The molecule has 2 aromatic carbocycles. The Hall–Kier alpha value is -5.28. The van der Waals surface area contributed by atoms with Gasteiger partial charge in [-0.2, -0.15) is 0 Å². The lowest BCUT2D eigenvalue weighted by Crippen LogP contribution is -2.47. The quantitative estimate of drug-likeness (QED) is 0.152. The first-order valence-electron chi connectivity index (χ1n) is 19.8. The van der Waals surface area contributed by atoms with Gasteiger partial charge in [-0.3, -0.25) is 23.9 Å². The number of nitrogens with one attached hydrogen (secondary N) is 2. The molecule has 14 heteroatoms. The predicted octanol–water partition coefficient (Wildman–Crippen LogP) is 3.44. The van der Waals surface area contributed by atoms with Crippen LogP contribution >= 0.6 is 0 Å². The second kappa shape index (κ2) is 19.2. The van der Waals surface area contributed by atoms with Crippen LogP contribution in [-0.4, -0.2) is 131 Å². The van der Waals surface area contributed by atoms with E-state index < -0.39 is 5.60 Å². The zero-order valence-corrected chi connectivity index (χ0v) is 33.1. The fourth-order valence-corrected chi connectivity index (χ4v) is 7.75. The van der Waals surface area contributed by atoms with E-state index in [9.17, 15) is 24.3 Å². The van der Waals surface area contributed by atoms with Crippen LogP contribution in [0.5, 0.6) is 0 Å². The molecule has 0 saturated carbocycles. The van der Waals surface area contributed by atoms with Crippen molar-refractivity contribution in [2.24, 2.45) is 5.92 Å². The summed E-state index contributed by atoms with van der Waals surface area (Å²) in [5.41, 5.74) is 2.85. The summed E-state index contributed by atoms with van der Waals surface area (Å²) in [6.07, 6.45) is 9.68. The van der Waals surface area contributed by atoms with E-state index in [4.69, 9.17) is 0 Å². The van der Waals surface area contributed by atoms with E-state index in [1.165, 1.54) is 17.0 Å². The fourth-order valence-electron chi connectivity index (χ4n) is 7.75. The number of hydrogen-bond donors (Lipinski definition) is 3. The summed E-state index contributed by atoms with van der Waals surface area (Å²) >= 11 is 0. The van der Waals surface area contributed by atoms with Crippen molar-refractivity contribution in [3.8, 4) is 0 Å². The average molecular weight is 778 g/mol. The number of benzene rings is 2. The number of aldehydes is 1. The lowest BCUT2D eigenvalue weighted by atomic mass is 9.81. The molecule has 302 valence electrons. The second-order valence-electron chi connectivity index (χ2n) is 15.5. The summed E-state index contributed by atoms with van der Waals surface area (Å²) in [4.78, 5) is 66.2. The Bertz CT molecular complexity index is 2060. The Morgan fingerprint density at radius 1 is 0.965 bits per heavy atom. The largest absolute Gasteiger partial charge is 0.388 e. The number of hydrogen-bond acceptors (Lipinski definition) is 11. The van der Waals surface area contributed by atoms with E-state index in [0.29, 0.717) is 48.1 Å². The number of likely N-dealkylation sites (tertiary alicyclic amines) is 1. The molecular weight excluding hydrogens is 723 g/mol. The Balaban J connectivity index is 0.000000199. The Labute approximate surface area is 334 Å². The molecule has 0 spiro atoms. The van der Waals surface area contributed by atoms with Gasteiger partial charge < -0.3 is 40.1 Å². The first kappa shape index (κ1) is 41.4. The van der Waals surface area contributed by atoms with E-state index in [-0.39, 0.29) is 35.8 Å². The number of piperazine rings is 1. The van der Waals surface area contributed by atoms with E-state index in [1.54, 1.807) is 36.7 Å². The number of aliphatic hydroxyl groups is 1. The number of likely N-dealkylation sites (N-methyl/N-ethyl adjacent to an activating group) is 1. The van der Waals surface area contributed by atoms with Gasteiger partial charge in [-0.05, 0) is 69.3 Å². The van der Waals surface area contributed by atoms with Crippen molar-refractivity contribution in [1.82, 2.24) is 29.2 Å². The van der Waals surface area contributed by atoms with E-state index in [2.05, 4.69) is 66.0 Å². The van der Waals surface area contributed by atoms with Crippen LogP contribution < -0.4 is 21.1 Å². The Kier molecular flexibility index (Phi) is 14.0. The van der Waals surface area contributed by atoms with Crippen molar-refractivity contribution in [2.75, 3.05) is 88.5 Å². The van der Waals surface area contributed by atoms with Crippen molar-refractivity contribution in [3.63, 3.8) is 0 Å². The van der Waals surface area contributed by atoms with Crippen LogP contribution in [0.25, 0.3) is 10.9 Å². The number of nitrogens with zero attached hydrogens (tertiary/aromatic N) is 7. The highest BCUT2D eigenvalue weighted by molar-refractivity contribution is 6.01. The third kappa shape index (κ3) is 11.0. The molecule has 14 nitrogen and oxygen atoms in total. The maximum Gasteiger partial charge on any atom is 0.261 e. The van der Waals surface area contributed by atoms with Gasteiger partial charge >= 0.3 is 0 Å². The second-order valence-corrected chi connectivity index (χ2v) is 15.5. The van der Waals surface area contributed by atoms with Crippen molar-refractivity contribution < 1.29 is 19.5 Å². The molecule has 3 saturated heterocycles. The molecule has 2 amide bonds. The van der Waals surface area contributed by atoms with Crippen molar-refractivity contribution in [1.29, 1.82) is 0 Å². The van der Waals surface area contributed by atoms with E-state index in [1.807, 2.05) is 25.2 Å². The Morgan fingerprint density at radius 3 is 2.42 bits per heavy atom. The highest BCUT2D eigenvalue weighted by Gasteiger charge is 2.33. The van der Waals surface area contributed by atoms with E-state index in [0.717, 1.165) is 76.3 Å². The summed E-state index contributed by atoms with van der Waals surface area (Å²) in [6.45, 7) is 11.6. The molecule has 2 aromatic heterocycles. The van der Waals surface area contributed by atoms with Crippen LogP contribution in [0.2, 0.25) is 0 Å². The topological polar surface area (TPSA) is 156 Å². The van der Waals surface area contributed by atoms with Gasteiger partial charge in [-0.1, -0.05) is 36.9 Å². The summed E-state index contributed by atoms with van der Waals surface area (Å²) in [7, 11) is 4.15. The van der Waals surface area contributed by atoms with Crippen LogP contribution in [0, 0.1) is 5.92 Å². The molecule has 7 rings (SSSR count). The number of amides is 2. The summed E-state index contributed by atoms with van der Waals surface area (Å²) in [5, 5.41) is 17.1. The summed E-state index contributed by atoms with van der Waals surface area (Å²) < 4.78 is 1.50. The molecule has 0 radical (unpaired) electrons. The highest BCUT2D eigenvalue weighted by atomic mass is 16.3. The minimum atomic E-state index is -0.886. The molecule has 3 N–H and O–H groups in total. The van der Waals surface area contributed by atoms with Gasteiger partial charge in [0.1, 0.15) is 6.29 Å². The number of carbonyl (C=O) groups excluding carboxylic acids is 3. The smallest absolute Gasteiger partial charge is 0.261 e. The number of fused-ring (bicyclic) bond motifs is 1. The highest BCUT2D eigenvalue weighted by Crippen LogP contribution is 2.36. The number of carbonyl (C=O) groups is 3. The molecule has 2 unspecified atom stereocenters. The molecule has 4 aromatic rings. The zero-order chi connectivity index (χ0) is 40.4. The number of piperidine rings is 2. The number of rotatable bonds is 11. The monoisotopic (exact) mass is 777 g/mol. The third-order valence-electron chi connectivity index (χ3n) is 11.4. The SMILES string of the molecule is C=CC(=O)Nc1ccncc1N1CCC(C=O)C(c2ccccc2)C1.CN1CCN(CCC(=O)Nc2ccc3c(=O)n(CC4(O)CCN(C)CC4)cnc3c2)CC1. The lowest BCUT2D eigenvalue weighted by Gasteiger charge is -2.38. The van der Waals surface area contributed by atoms with Gasteiger partial charge in [0.15, 0.2) is 0 Å². The van der Waals surface area contributed by atoms with Gasteiger partial charge in [0, 0.05) is 89.0 Å². The molecule has 5 heterocycles. The maximum atomic E-state index is 12.9. The van der Waals surface area contributed by atoms with Gasteiger partial charge in [0.05, 0.1) is 46.9 Å². The average Bonchev–Trinajstić information content (AvgIpc) is 3.23. The molecule has 0 bridgehead atoms. The normalized spacial score (nSPS) is 20.2. The molecule has 3 aliphatic rings. The first-order chi connectivity index (χ1) is 27.5. The van der Waals surface area contributed by atoms with Crippen LogP contribution in [0.4, 0.5) is 17.1 Å². The lowest BCUT2D eigenvalue weighted by molar-refractivity contribution is -0.116. The van der Waals surface area contributed by atoms with Crippen LogP contribution in [-0.2, 0) is 20.9 Å². The van der Waals surface area contributed by atoms with Gasteiger partial charge in [-0.25, -0.2) is 4.98 Å². The van der Waals surface area contributed by atoms with Crippen molar-refractivity contribution in [3.05, 3.63) is 102 Å².